The number of aromatic nitrogens is 1. The highest BCUT2D eigenvalue weighted by atomic mass is 79.9. The molecule has 0 bridgehead atoms. The van der Waals surface area contributed by atoms with Gasteiger partial charge >= 0.3 is 16.0 Å². The fraction of sp³-hybridized carbons (Fsp3) is 0. The third kappa shape index (κ3) is 7.28. The van der Waals surface area contributed by atoms with Crippen molar-refractivity contribution in [3.8, 4) is 0 Å². The summed E-state index contributed by atoms with van der Waals surface area (Å²) in [5.74, 6) is 0. The molecule has 51 valence electrons. The topological polar surface area (TPSA) is 12.9 Å². The minimum Gasteiger partial charge on any atom is -0.280 e. The molecule has 10 heavy (non-hydrogen) atoms. The van der Waals surface area contributed by atoms with Gasteiger partial charge in [0, 0.05) is 11.2 Å². The third-order valence-corrected chi connectivity index (χ3v) is 0.820. The van der Waals surface area contributed by atoms with E-state index >= 15 is 0 Å². The minimum atomic E-state index is 0.0417. The Balaban J connectivity index is 0.000000236. The average molecular weight is 297 g/mol. The quantitative estimate of drug-likeness (QED) is 0.671. The van der Waals surface area contributed by atoms with Crippen LogP contribution in [0.15, 0.2) is 18.3 Å². The van der Waals surface area contributed by atoms with Crippen LogP contribution >= 0.6 is 37.4 Å². The van der Waals surface area contributed by atoms with E-state index < -0.39 is 0 Å². The molecule has 0 aliphatic heterocycles. The summed E-state index contributed by atoms with van der Waals surface area (Å²) in [6.45, 7) is 0. The maximum Gasteiger partial charge on any atom is 0.560 e. The minimum absolute atomic E-state index is 0.0417. The van der Waals surface area contributed by atoms with Crippen LogP contribution in [-0.4, -0.2) is 21.0 Å². The van der Waals surface area contributed by atoms with E-state index in [4.69, 9.17) is 11.6 Å². The average Bonchev–Trinajstić information content (AvgIpc) is 1.91. The lowest BCUT2D eigenvalue weighted by atomic mass is 10.5. The molecular weight excluding hydrogens is 294 g/mol. The van der Waals surface area contributed by atoms with E-state index in [1.54, 1.807) is 18.3 Å². The van der Waals surface area contributed by atoms with E-state index in [2.05, 4.69) is 36.9 Å². The van der Waals surface area contributed by atoms with E-state index in [-0.39, 0.29) is 16.0 Å². The van der Waals surface area contributed by atoms with Crippen LogP contribution in [0.5, 0.6) is 0 Å². The second-order valence-electron chi connectivity index (χ2n) is 1.20. The van der Waals surface area contributed by atoms with Gasteiger partial charge in [0.15, 0.2) is 0 Å². The highest BCUT2D eigenvalue weighted by Crippen LogP contribution is 2.01. The van der Waals surface area contributed by atoms with Crippen molar-refractivity contribution in [2.24, 2.45) is 0 Å². The van der Waals surface area contributed by atoms with Crippen LogP contribution in [0, 0.1) is 6.20 Å². The number of rotatable bonds is 0. The first kappa shape index (κ1) is 11.2. The number of hydrogen-bond donors (Lipinski definition) is 0. The van der Waals surface area contributed by atoms with E-state index in [9.17, 15) is 0 Å². The smallest absolute Gasteiger partial charge is 0.280 e. The van der Waals surface area contributed by atoms with E-state index in [1.165, 1.54) is 0 Å². The molecule has 0 spiro atoms. The molecule has 0 aliphatic carbocycles. The van der Waals surface area contributed by atoms with Crippen molar-refractivity contribution in [1.82, 2.24) is 4.98 Å². The standard InChI is InChI=1S/C5H3ClN.2BrH.Mg/c6-5-1-3-7-4-2-5;;;/h1-3H;2*1H;/q;;;+2/p-2. The summed E-state index contributed by atoms with van der Waals surface area (Å²) in [4.78, 5) is 3.64. The van der Waals surface area contributed by atoms with Gasteiger partial charge in [-0.3, -0.25) is 30.8 Å². The first-order chi connectivity index (χ1) is 4.81. The molecule has 0 aliphatic rings. The Kier molecular flexibility index (Phi) is 9.23. The van der Waals surface area contributed by atoms with Crippen molar-refractivity contribution in [1.29, 1.82) is 0 Å². The first-order valence-electron chi connectivity index (χ1n) is 2.40. The summed E-state index contributed by atoms with van der Waals surface area (Å²) < 4.78 is 0. The SMILES string of the molecule is Clc1c[c]ncc1.[Br][Mg][Br]. The number of hydrogen-bond acceptors (Lipinski definition) is 1. The molecule has 1 aromatic rings. The Morgan fingerprint density at radius 3 is 2.40 bits per heavy atom. The van der Waals surface area contributed by atoms with Gasteiger partial charge in [0.1, 0.15) is 0 Å². The molecule has 0 saturated heterocycles. The molecule has 0 saturated carbocycles. The van der Waals surface area contributed by atoms with Crippen LogP contribution < -0.4 is 0 Å². The predicted octanol–water partition coefficient (Wildman–Crippen LogP) is 2.85. The van der Waals surface area contributed by atoms with Gasteiger partial charge in [0.2, 0.25) is 0 Å². The molecule has 1 radical (unpaired) electrons. The lowest BCUT2D eigenvalue weighted by Gasteiger charge is -1.78. The van der Waals surface area contributed by atoms with Gasteiger partial charge in [-0.1, -0.05) is 11.6 Å². The summed E-state index contributed by atoms with van der Waals surface area (Å²) in [6, 6.07) is 3.32. The second-order valence-corrected chi connectivity index (χ2v) is 9.72. The molecular formula is C5H3Br2ClMgN. The molecule has 1 aromatic heterocycles. The summed E-state index contributed by atoms with van der Waals surface area (Å²) in [5.41, 5.74) is 0. The molecule has 1 heterocycles. The zero-order valence-corrected chi connectivity index (χ0v) is 10.4. The highest BCUT2D eigenvalue weighted by Gasteiger charge is 1.76. The van der Waals surface area contributed by atoms with E-state index in [0.717, 1.165) is 0 Å². The van der Waals surface area contributed by atoms with Crippen LogP contribution in [0.25, 0.3) is 0 Å². The largest absolute Gasteiger partial charge is 0.560 e. The number of halogens is 3. The van der Waals surface area contributed by atoms with Gasteiger partial charge in [-0.25, -0.2) is 0 Å². The molecule has 1 nitrogen and oxygen atoms in total. The Hall–Kier alpha value is 1.17. The van der Waals surface area contributed by atoms with Crippen molar-refractivity contribution in [3.63, 3.8) is 0 Å². The Morgan fingerprint density at radius 2 is 2.20 bits per heavy atom. The van der Waals surface area contributed by atoms with Gasteiger partial charge in [0.25, 0.3) is 0 Å². The molecule has 0 fully saturated rings. The maximum atomic E-state index is 5.47. The molecule has 0 atom stereocenters. The third-order valence-electron chi connectivity index (χ3n) is 0.585. The van der Waals surface area contributed by atoms with Gasteiger partial charge in [-0.05, 0) is 12.1 Å². The first-order valence-corrected chi connectivity index (χ1v) is 10.6. The Morgan fingerprint density at radius 1 is 1.60 bits per heavy atom. The Bertz CT molecular complexity index is 161. The van der Waals surface area contributed by atoms with Crippen molar-refractivity contribution in [3.05, 3.63) is 29.5 Å². The lowest BCUT2D eigenvalue weighted by Crippen LogP contribution is -1.64. The number of nitrogens with zero attached hydrogens (tertiary/aromatic N) is 1. The molecule has 0 N–H and O–H groups in total. The van der Waals surface area contributed by atoms with Crippen LogP contribution in [-0.2, 0) is 0 Å². The molecule has 5 heteroatoms. The second kappa shape index (κ2) is 8.26. The molecule has 0 aromatic carbocycles. The molecule has 1 rings (SSSR count). The van der Waals surface area contributed by atoms with Crippen LogP contribution in [0.1, 0.15) is 0 Å². The summed E-state index contributed by atoms with van der Waals surface area (Å²) in [6.07, 6.45) is 4.18. The summed E-state index contributed by atoms with van der Waals surface area (Å²) in [7, 11) is 0. The van der Waals surface area contributed by atoms with Gasteiger partial charge in [-0.15, -0.1) is 0 Å². The van der Waals surface area contributed by atoms with Crippen molar-refractivity contribution in [2.75, 3.05) is 0 Å². The van der Waals surface area contributed by atoms with Crippen LogP contribution in [0.3, 0.4) is 0 Å². The van der Waals surface area contributed by atoms with Crippen LogP contribution in [0.2, 0.25) is 5.02 Å². The fourth-order valence-electron chi connectivity index (χ4n) is 0.299. The zero-order chi connectivity index (χ0) is 7.82. The molecule has 0 unspecified atom stereocenters. The van der Waals surface area contributed by atoms with Crippen molar-refractivity contribution < 1.29 is 0 Å². The highest BCUT2D eigenvalue weighted by molar-refractivity contribution is 9.47. The van der Waals surface area contributed by atoms with Gasteiger partial charge in [-0.2, -0.15) is 0 Å². The predicted molar refractivity (Wildman–Crippen MR) is 51.7 cm³/mol. The summed E-state index contributed by atoms with van der Waals surface area (Å²) in [5, 5.41) is 0.676. The monoisotopic (exact) mass is 294 g/mol. The van der Waals surface area contributed by atoms with Crippen molar-refractivity contribution >= 4 is 53.4 Å². The molecule has 0 amide bonds. The van der Waals surface area contributed by atoms with Gasteiger partial charge < -0.3 is 0 Å². The number of pyridine rings is 1. The van der Waals surface area contributed by atoms with E-state index in [0.29, 0.717) is 5.02 Å². The van der Waals surface area contributed by atoms with Crippen LogP contribution in [0.4, 0.5) is 0 Å². The summed E-state index contributed by atoms with van der Waals surface area (Å²) >= 11 is 11.9. The lowest BCUT2D eigenvalue weighted by molar-refractivity contribution is 1.31. The van der Waals surface area contributed by atoms with Gasteiger partial charge in [0.05, 0.1) is 6.20 Å². The van der Waals surface area contributed by atoms with E-state index in [1.807, 2.05) is 0 Å². The normalized spacial score (nSPS) is 7.10. The zero-order valence-electron chi connectivity index (χ0n) is 5.02. The fourth-order valence-corrected chi connectivity index (χ4v) is 0.404. The van der Waals surface area contributed by atoms with Crippen molar-refractivity contribution in [2.45, 2.75) is 0 Å². The maximum absolute atomic E-state index is 5.47. The Labute approximate surface area is 87.0 Å².